The van der Waals surface area contributed by atoms with Gasteiger partial charge in [-0.1, -0.05) is 18.2 Å². The van der Waals surface area contributed by atoms with Crippen LogP contribution in [-0.2, 0) is 4.79 Å². The van der Waals surface area contributed by atoms with Gasteiger partial charge in [0.1, 0.15) is 5.69 Å². The predicted molar refractivity (Wildman–Crippen MR) is 116 cm³/mol. The Bertz CT molecular complexity index is 930. The zero-order chi connectivity index (χ0) is 21.7. The molecular weight excluding hydrogens is 384 g/mol. The maximum absolute atomic E-state index is 12.7. The average Bonchev–Trinajstić information content (AvgIpc) is 2.73. The first kappa shape index (κ1) is 21.3. The summed E-state index contributed by atoms with van der Waals surface area (Å²) in [7, 11) is 0. The summed E-state index contributed by atoms with van der Waals surface area (Å²) < 4.78 is 0. The smallest absolute Gasteiger partial charge is 0.293 e. The molecule has 3 rings (SSSR count). The highest BCUT2D eigenvalue weighted by Crippen LogP contribution is 2.33. The van der Waals surface area contributed by atoms with Crippen molar-refractivity contribution in [3.63, 3.8) is 0 Å². The van der Waals surface area contributed by atoms with Gasteiger partial charge in [0.25, 0.3) is 11.6 Å². The fraction of sp³-hybridized carbons (Fsp3) is 0.364. The lowest BCUT2D eigenvalue weighted by Crippen LogP contribution is -2.41. The van der Waals surface area contributed by atoms with E-state index in [1.807, 2.05) is 49.1 Å². The van der Waals surface area contributed by atoms with Crippen molar-refractivity contribution in [1.82, 2.24) is 5.32 Å². The summed E-state index contributed by atoms with van der Waals surface area (Å²) in [4.78, 5) is 38.0. The quantitative estimate of drug-likeness (QED) is 0.559. The number of anilines is 2. The summed E-state index contributed by atoms with van der Waals surface area (Å²) in [5.41, 5.74) is 1.27. The van der Waals surface area contributed by atoms with Gasteiger partial charge < -0.3 is 15.5 Å². The van der Waals surface area contributed by atoms with Crippen molar-refractivity contribution in [1.29, 1.82) is 0 Å². The van der Waals surface area contributed by atoms with Gasteiger partial charge in [-0.25, -0.2) is 0 Å². The molecule has 0 bridgehead atoms. The minimum absolute atomic E-state index is 0.0674. The molecule has 8 nitrogen and oxygen atoms in total. The molecule has 1 saturated heterocycles. The summed E-state index contributed by atoms with van der Waals surface area (Å²) in [5, 5.41) is 17.3. The number of hydrogen-bond donors (Lipinski definition) is 2. The van der Waals surface area contributed by atoms with Crippen LogP contribution in [0.3, 0.4) is 0 Å². The second-order valence-corrected chi connectivity index (χ2v) is 7.73. The molecule has 8 heteroatoms. The Labute approximate surface area is 175 Å². The van der Waals surface area contributed by atoms with Crippen LogP contribution in [0.1, 0.15) is 37.0 Å². The average molecular weight is 410 g/mol. The van der Waals surface area contributed by atoms with Gasteiger partial charge in [-0.05, 0) is 51.0 Å². The van der Waals surface area contributed by atoms with E-state index in [0.717, 1.165) is 18.5 Å². The van der Waals surface area contributed by atoms with E-state index >= 15 is 0 Å². The standard InChI is InChI=1S/C22H26N4O4/c1-15(2)23-21(27)16-10-11-19(20(13-16)26(29)30)25-12-6-7-17(14-25)22(28)24-18-8-4-3-5-9-18/h3-5,8-11,13,15,17H,6-7,12,14H2,1-2H3,(H,23,27)(H,24,28). The summed E-state index contributed by atoms with van der Waals surface area (Å²) in [6.45, 7) is 4.66. The molecule has 0 spiro atoms. The van der Waals surface area contributed by atoms with Gasteiger partial charge in [0, 0.05) is 36.4 Å². The van der Waals surface area contributed by atoms with Crippen LogP contribution < -0.4 is 15.5 Å². The van der Waals surface area contributed by atoms with Crippen LogP contribution in [0.25, 0.3) is 0 Å². The number of rotatable bonds is 6. The maximum Gasteiger partial charge on any atom is 0.293 e. The van der Waals surface area contributed by atoms with Crippen molar-refractivity contribution >= 4 is 28.9 Å². The number of carbonyl (C=O) groups is 2. The van der Waals surface area contributed by atoms with Crippen LogP contribution in [-0.4, -0.2) is 35.9 Å². The largest absolute Gasteiger partial charge is 0.365 e. The van der Waals surface area contributed by atoms with Gasteiger partial charge in [0.05, 0.1) is 10.8 Å². The molecule has 2 aromatic rings. The lowest BCUT2D eigenvalue weighted by atomic mass is 9.96. The van der Waals surface area contributed by atoms with Gasteiger partial charge in [0.2, 0.25) is 5.91 Å². The van der Waals surface area contributed by atoms with Crippen molar-refractivity contribution in [2.75, 3.05) is 23.3 Å². The van der Waals surface area contributed by atoms with Crippen LogP contribution >= 0.6 is 0 Å². The molecule has 2 N–H and O–H groups in total. The minimum atomic E-state index is -0.477. The molecule has 1 heterocycles. The highest BCUT2D eigenvalue weighted by molar-refractivity contribution is 5.96. The van der Waals surface area contributed by atoms with Crippen molar-refractivity contribution < 1.29 is 14.5 Å². The molecule has 1 fully saturated rings. The second kappa shape index (κ2) is 9.39. The van der Waals surface area contributed by atoms with Crippen molar-refractivity contribution in [3.8, 4) is 0 Å². The first-order chi connectivity index (χ1) is 14.3. The van der Waals surface area contributed by atoms with Crippen LogP contribution in [0.2, 0.25) is 0 Å². The van der Waals surface area contributed by atoms with E-state index in [-0.39, 0.29) is 35.0 Å². The third-order valence-electron chi connectivity index (χ3n) is 5.03. The van der Waals surface area contributed by atoms with Crippen molar-refractivity contribution in [2.45, 2.75) is 32.7 Å². The summed E-state index contributed by atoms with van der Waals surface area (Å²) >= 11 is 0. The monoisotopic (exact) mass is 410 g/mol. The molecule has 1 unspecified atom stereocenters. The van der Waals surface area contributed by atoms with Crippen LogP contribution in [0.5, 0.6) is 0 Å². The van der Waals surface area contributed by atoms with E-state index in [2.05, 4.69) is 10.6 Å². The lowest BCUT2D eigenvalue weighted by Gasteiger charge is -2.33. The SMILES string of the molecule is CC(C)NC(=O)c1ccc(N2CCCC(C(=O)Nc3ccccc3)C2)c([N+](=O)[O-])c1. The molecule has 0 radical (unpaired) electrons. The normalized spacial score (nSPS) is 16.2. The molecule has 0 aliphatic carbocycles. The highest BCUT2D eigenvalue weighted by atomic mass is 16.6. The Morgan fingerprint density at radius 3 is 2.57 bits per heavy atom. The summed E-state index contributed by atoms with van der Waals surface area (Å²) in [6, 6.07) is 13.7. The van der Waals surface area contributed by atoms with E-state index in [0.29, 0.717) is 18.8 Å². The number of hydrogen-bond acceptors (Lipinski definition) is 5. The molecule has 1 atom stereocenters. The van der Waals surface area contributed by atoms with Gasteiger partial charge in [-0.3, -0.25) is 19.7 Å². The molecule has 1 aliphatic heterocycles. The number of carbonyl (C=O) groups excluding carboxylic acids is 2. The molecule has 30 heavy (non-hydrogen) atoms. The fourth-order valence-corrected chi connectivity index (χ4v) is 3.60. The van der Waals surface area contributed by atoms with E-state index in [9.17, 15) is 19.7 Å². The molecule has 2 amide bonds. The predicted octanol–water partition coefficient (Wildman–Crippen LogP) is 3.59. The van der Waals surface area contributed by atoms with Crippen molar-refractivity contribution in [2.24, 2.45) is 5.92 Å². The van der Waals surface area contributed by atoms with Crippen molar-refractivity contribution in [3.05, 3.63) is 64.2 Å². The Kier molecular flexibility index (Phi) is 6.66. The summed E-state index contributed by atoms with van der Waals surface area (Å²) in [5.74, 6) is -0.720. The highest BCUT2D eigenvalue weighted by Gasteiger charge is 2.30. The zero-order valence-corrected chi connectivity index (χ0v) is 17.1. The zero-order valence-electron chi connectivity index (χ0n) is 17.1. The molecular formula is C22H26N4O4. The molecule has 158 valence electrons. The van der Waals surface area contributed by atoms with E-state index in [1.54, 1.807) is 12.1 Å². The third kappa shape index (κ3) is 5.14. The maximum atomic E-state index is 12.7. The first-order valence-electron chi connectivity index (χ1n) is 10.1. The van der Waals surface area contributed by atoms with E-state index in [4.69, 9.17) is 0 Å². The number of amides is 2. The van der Waals surface area contributed by atoms with E-state index < -0.39 is 4.92 Å². The van der Waals surface area contributed by atoms with Crippen LogP contribution in [0.15, 0.2) is 48.5 Å². The fourth-order valence-electron chi connectivity index (χ4n) is 3.60. The number of nitrogens with one attached hydrogen (secondary N) is 2. The van der Waals surface area contributed by atoms with Crippen LogP contribution in [0, 0.1) is 16.0 Å². The van der Waals surface area contributed by atoms with Gasteiger partial charge in [-0.15, -0.1) is 0 Å². The number of nitro benzene ring substituents is 1. The summed E-state index contributed by atoms with van der Waals surface area (Å²) in [6.07, 6.45) is 1.47. The Morgan fingerprint density at radius 1 is 1.17 bits per heavy atom. The Hall–Kier alpha value is -3.42. The second-order valence-electron chi connectivity index (χ2n) is 7.73. The molecule has 0 saturated carbocycles. The topological polar surface area (TPSA) is 105 Å². The number of para-hydroxylation sites is 1. The lowest BCUT2D eigenvalue weighted by molar-refractivity contribution is -0.384. The van der Waals surface area contributed by atoms with Gasteiger partial charge >= 0.3 is 0 Å². The number of piperidine rings is 1. The minimum Gasteiger partial charge on any atom is -0.365 e. The molecule has 2 aromatic carbocycles. The van der Waals surface area contributed by atoms with Gasteiger partial charge in [0.15, 0.2) is 0 Å². The van der Waals surface area contributed by atoms with Gasteiger partial charge in [-0.2, -0.15) is 0 Å². The molecule has 0 aromatic heterocycles. The van der Waals surface area contributed by atoms with Crippen LogP contribution in [0.4, 0.5) is 17.1 Å². The number of benzene rings is 2. The van der Waals surface area contributed by atoms with E-state index in [1.165, 1.54) is 6.07 Å². The molecule has 1 aliphatic rings. The third-order valence-corrected chi connectivity index (χ3v) is 5.03. The first-order valence-corrected chi connectivity index (χ1v) is 10.1. The Balaban J connectivity index is 1.78. The Morgan fingerprint density at radius 2 is 1.90 bits per heavy atom. The number of nitro groups is 1. The number of nitrogens with zero attached hydrogens (tertiary/aromatic N) is 2.